The lowest BCUT2D eigenvalue weighted by atomic mass is 9.92. The summed E-state index contributed by atoms with van der Waals surface area (Å²) in [6.45, 7) is 0. The molecule has 0 bridgehead atoms. The Balaban J connectivity index is 0.987. The number of hydrogen-bond acceptors (Lipinski definition) is 5. The first-order valence-corrected chi connectivity index (χ1v) is 20.8. The Labute approximate surface area is 355 Å². The smallest absolute Gasteiger partial charge is 0.164 e. The van der Waals surface area contributed by atoms with E-state index in [-0.39, 0.29) is 0 Å². The first-order chi connectivity index (χ1) is 30.7. The maximum Gasteiger partial charge on any atom is 0.164 e. The number of furan rings is 2. The van der Waals surface area contributed by atoms with E-state index in [1.54, 1.807) is 0 Å². The van der Waals surface area contributed by atoms with E-state index in [9.17, 15) is 0 Å². The van der Waals surface area contributed by atoms with E-state index in [1.807, 2.05) is 36.4 Å². The van der Waals surface area contributed by atoms with Gasteiger partial charge in [-0.25, -0.2) is 15.0 Å². The van der Waals surface area contributed by atoms with Crippen LogP contribution in [0.4, 0.5) is 0 Å². The third kappa shape index (κ3) is 5.32. The highest BCUT2D eigenvalue weighted by Gasteiger charge is 2.20. The van der Waals surface area contributed by atoms with Gasteiger partial charge in [-0.1, -0.05) is 164 Å². The van der Waals surface area contributed by atoms with Crippen molar-refractivity contribution >= 4 is 76.2 Å². The molecule has 13 aromatic rings. The zero-order valence-corrected chi connectivity index (χ0v) is 33.2. The third-order valence-electron chi connectivity index (χ3n) is 12.3. The van der Waals surface area contributed by atoms with Gasteiger partial charge in [0.15, 0.2) is 17.5 Å². The summed E-state index contributed by atoms with van der Waals surface area (Å²) in [5, 5.41) is 11.1. The Hall–Kier alpha value is -8.41. The molecule has 0 atom stereocenters. The third-order valence-corrected chi connectivity index (χ3v) is 12.3. The van der Waals surface area contributed by atoms with Gasteiger partial charge in [-0.2, -0.15) is 0 Å². The van der Waals surface area contributed by atoms with Crippen LogP contribution >= 0.6 is 0 Å². The number of para-hydroxylation sites is 1. The highest BCUT2D eigenvalue weighted by Crippen LogP contribution is 2.44. The van der Waals surface area contributed by atoms with Crippen LogP contribution in [0.15, 0.2) is 209 Å². The first-order valence-electron chi connectivity index (χ1n) is 20.8. The Morgan fingerprint density at radius 1 is 0.258 bits per heavy atom. The topological polar surface area (TPSA) is 65.0 Å². The van der Waals surface area contributed by atoms with E-state index in [0.29, 0.717) is 17.5 Å². The molecule has 0 N–H and O–H groups in total. The van der Waals surface area contributed by atoms with Crippen molar-refractivity contribution in [3.05, 3.63) is 200 Å². The van der Waals surface area contributed by atoms with Gasteiger partial charge in [0.2, 0.25) is 0 Å². The van der Waals surface area contributed by atoms with Crippen molar-refractivity contribution in [1.82, 2.24) is 15.0 Å². The van der Waals surface area contributed by atoms with Crippen LogP contribution in [0.1, 0.15) is 0 Å². The zero-order chi connectivity index (χ0) is 40.7. The van der Waals surface area contributed by atoms with Gasteiger partial charge in [0.25, 0.3) is 0 Å². The molecule has 3 heterocycles. The number of nitrogens with zero attached hydrogens (tertiary/aromatic N) is 3. The minimum absolute atomic E-state index is 0.619. The molecule has 0 unspecified atom stereocenters. The van der Waals surface area contributed by atoms with Crippen LogP contribution in [0.2, 0.25) is 0 Å². The van der Waals surface area contributed by atoms with Crippen molar-refractivity contribution in [2.45, 2.75) is 0 Å². The average molecular weight is 792 g/mol. The molecule has 0 aliphatic heterocycles. The molecule has 0 aliphatic rings. The van der Waals surface area contributed by atoms with Crippen molar-refractivity contribution in [1.29, 1.82) is 0 Å². The average Bonchev–Trinajstić information content (AvgIpc) is 3.92. The van der Waals surface area contributed by atoms with Crippen LogP contribution in [0.25, 0.3) is 133 Å². The number of aromatic nitrogens is 3. The molecule has 3 aromatic heterocycles. The molecule has 62 heavy (non-hydrogen) atoms. The van der Waals surface area contributed by atoms with Crippen LogP contribution in [0, 0.1) is 0 Å². The Kier molecular flexibility index (Phi) is 7.54. The molecule has 5 heteroatoms. The number of benzene rings is 10. The Bertz CT molecular complexity index is 3940. The second kappa shape index (κ2) is 13.6. The van der Waals surface area contributed by atoms with Crippen LogP contribution in [-0.2, 0) is 0 Å². The van der Waals surface area contributed by atoms with Crippen molar-refractivity contribution in [2.24, 2.45) is 0 Å². The molecule has 0 spiro atoms. The van der Waals surface area contributed by atoms with Gasteiger partial charge in [-0.05, 0) is 91.0 Å². The Morgan fingerprint density at radius 2 is 0.774 bits per heavy atom. The van der Waals surface area contributed by atoms with Crippen LogP contribution in [0.3, 0.4) is 0 Å². The van der Waals surface area contributed by atoms with E-state index in [1.165, 1.54) is 10.8 Å². The predicted octanol–water partition coefficient (Wildman–Crippen LogP) is 15.5. The summed E-state index contributed by atoms with van der Waals surface area (Å²) in [5.74, 6) is 1.88. The molecule has 0 fully saturated rings. The summed E-state index contributed by atoms with van der Waals surface area (Å²) in [5.41, 5.74) is 10.7. The molecule has 0 aliphatic carbocycles. The molecular weight excluding hydrogens is 759 g/mol. The summed E-state index contributed by atoms with van der Waals surface area (Å²) in [4.78, 5) is 15.7. The largest absolute Gasteiger partial charge is 0.456 e. The molecular formula is C57H33N3O2. The highest BCUT2D eigenvalue weighted by molar-refractivity contribution is 6.18. The van der Waals surface area contributed by atoms with Gasteiger partial charge in [-0.3, -0.25) is 0 Å². The van der Waals surface area contributed by atoms with Crippen LogP contribution in [-0.4, -0.2) is 15.0 Å². The van der Waals surface area contributed by atoms with Crippen molar-refractivity contribution in [3.8, 4) is 56.4 Å². The van der Waals surface area contributed by atoms with E-state index >= 15 is 0 Å². The second-order valence-electron chi connectivity index (χ2n) is 15.8. The lowest BCUT2D eigenvalue weighted by Gasteiger charge is -2.14. The highest BCUT2D eigenvalue weighted by atomic mass is 16.3. The first kappa shape index (κ1) is 34.5. The van der Waals surface area contributed by atoms with Gasteiger partial charge < -0.3 is 8.83 Å². The molecule has 13 rings (SSSR count). The molecule has 10 aromatic carbocycles. The monoisotopic (exact) mass is 791 g/mol. The van der Waals surface area contributed by atoms with E-state index in [4.69, 9.17) is 23.8 Å². The fraction of sp³-hybridized carbons (Fsp3) is 0. The fourth-order valence-corrected chi connectivity index (χ4v) is 9.55. The van der Waals surface area contributed by atoms with Gasteiger partial charge in [-0.15, -0.1) is 0 Å². The van der Waals surface area contributed by atoms with Gasteiger partial charge in [0.05, 0.1) is 0 Å². The van der Waals surface area contributed by atoms with Crippen molar-refractivity contribution in [3.63, 3.8) is 0 Å². The molecule has 0 radical (unpaired) electrons. The lowest BCUT2D eigenvalue weighted by Crippen LogP contribution is -2.01. The zero-order valence-electron chi connectivity index (χ0n) is 33.2. The van der Waals surface area contributed by atoms with Crippen molar-refractivity contribution < 1.29 is 8.83 Å². The summed E-state index contributed by atoms with van der Waals surface area (Å²) in [6.07, 6.45) is 0. The predicted molar refractivity (Wildman–Crippen MR) is 254 cm³/mol. The van der Waals surface area contributed by atoms with Gasteiger partial charge >= 0.3 is 0 Å². The molecule has 0 amide bonds. The van der Waals surface area contributed by atoms with E-state index < -0.39 is 0 Å². The van der Waals surface area contributed by atoms with E-state index in [2.05, 4.69) is 164 Å². The summed E-state index contributed by atoms with van der Waals surface area (Å²) >= 11 is 0. The van der Waals surface area contributed by atoms with Crippen LogP contribution in [0.5, 0.6) is 0 Å². The summed E-state index contributed by atoms with van der Waals surface area (Å²) < 4.78 is 12.9. The number of fused-ring (bicyclic) bond motifs is 10. The van der Waals surface area contributed by atoms with E-state index in [0.717, 1.165) is 104 Å². The lowest BCUT2D eigenvalue weighted by molar-refractivity contribution is 0.668. The summed E-state index contributed by atoms with van der Waals surface area (Å²) in [7, 11) is 0. The van der Waals surface area contributed by atoms with Gasteiger partial charge in [0.1, 0.15) is 22.3 Å². The molecule has 0 saturated carbocycles. The number of hydrogen-bond donors (Lipinski definition) is 0. The SMILES string of the molecule is c1ccc(-c2nc(-c3cccc4c(-c5cccc6oc7cc(-c8cccc9oc%10ccccc%10c89)ccc7c56)cccc34)nc(-c3cc4ccccc4c4ccccc34)n2)cc1. The standard InChI is InChI=1S/C57H33N3O2/c1-2-14-34(15-3-1)55-58-56(60-57(59-55)48-32-35-16-4-5-17-37(35)39-18-6-7-19-43(39)48)45-26-11-22-40-41(23-10-24-42(40)45)44-25-13-29-51-54(44)47-31-30-36(33-52(47)62-51)38-21-12-28-50-53(38)46-20-8-9-27-49(46)61-50/h1-33H. The fourth-order valence-electron chi connectivity index (χ4n) is 9.55. The second-order valence-corrected chi connectivity index (χ2v) is 15.8. The summed E-state index contributed by atoms with van der Waals surface area (Å²) in [6, 6.07) is 69.7. The van der Waals surface area contributed by atoms with Crippen LogP contribution < -0.4 is 0 Å². The minimum Gasteiger partial charge on any atom is -0.456 e. The molecule has 0 saturated heterocycles. The normalized spacial score (nSPS) is 11.9. The quantitative estimate of drug-likeness (QED) is 0.162. The molecule has 5 nitrogen and oxygen atoms in total. The maximum absolute atomic E-state index is 6.68. The van der Waals surface area contributed by atoms with Gasteiger partial charge in [0, 0.05) is 38.2 Å². The Morgan fingerprint density at radius 3 is 1.60 bits per heavy atom. The maximum atomic E-state index is 6.68. The van der Waals surface area contributed by atoms with Crippen molar-refractivity contribution in [2.75, 3.05) is 0 Å². The molecule has 288 valence electrons. The number of rotatable bonds is 5. The minimum atomic E-state index is 0.619.